The number of hydrogen-bond donors (Lipinski definition) is 0. The van der Waals surface area contributed by atoms with Gasteiger partial charge in [-0.3, -0.25) is 4.79 Å². The molecule has 0 radical (unpaired) electrons. The summed E-state index contributed by atoms with van der Waals surface area (Å²) in [5.41, 5.74) is 3.02. The Hall–Kier alpha value is -3.15. The summed E-state index contributed by atoms with van der Waals surface area (Å²) in [6, 6.07) is 9.80. The molecule has 6 heteroatoms. The summed E-state index contributed by atoms with van der Waals surface area (Å²) in [6.07, 6.45) is 1.75. The van der Waals surface area contributed by atoms with E-state index in [0.29, 0.717) is 23.4 Å². The molecule has 2 aliphatic heterocycles. The number of methoxy groups -OCH3 is 2. The van der Waals surface area contributed by atoms with Crippen LogP contribution in [0.4, 0.5) is 0 Å². The summed E-state index contributed by atoms with van der Waals surface area (Å²) < 4.78 is 23.8. The molecule has 0 bridgehead atoms. The minimum atomic E-state index is -0.0660. The Labute approximate surface area is 155 Å². The number of benzene rings is 2. The van der Waals surface area contributed by atoms with Crippen molar-refractivity contribution in [2.75, 3.05) is 21.0 Å². The van der Waals surface area contributed by atoms with Crippen LogP contribution in [0.5, 0.6) is 23.0 Å². The van der Waals surface area contributed by atoms with Crippen molar-refractivity contribution in [3.05, 3.63) is 46.2 Å². The quantitative estimate of drug-likeness (QED) is 0.697. The van der Waals surface area contributed by atoms with Gasteiger partial charge < -0.3 is 23.5 Å². The molecule has 0 atom stereocenters. The first kappa shape index (κ1) is 16.1. The second-order valence-corrected chi connectivity index (χ2v) is 6.72. The van der Waals surface area contributed by atoms with Gasteiger partial charge in [-0.15, -0.1) is 0 Å². The highest BCUT2D eigenvalue weighted by Crippen LogP contribution is 2.41. The molecule has 0 amide bonds. The molecule has 0 saturated heterocycles. The number of aromatic nitrogens is 1. The van der Waals surface area contributed by atoms with Crippen LogP contribution in [0.2, 0.25) is 0 Å². The van der Waals surface area contributed by atoms with Gasteiger partial charge in [-0.1, -0.05) is 6.07 Å². The molecule has 0 saturated carbocycles. The van der Waals surface area contributed by atoms with Crippen molar-refractivity contribution in [2.24, 2.45) is 0 Å². The van der Waals surface area contributed by atoms with E-state index in [2.05, 4.69) is 0 Å². The first-order valence-corrected chi connectivity index (χ1v) is 8.92. The van der Waals surface area contributed by atoms with Gasteiger partial charge in [0.25, 0.3) is 5.56 Å². The SMILES string of the molecule is COc1ccc2cc3n(c(=O)c2c1OC)CCCc1cc2c(cc1-3)OCO2. The molecule has 1 aromatic heterocycles. The first-order valence-electron chi connectivity index (χ1n) is 8.92. The molecule has 5 rings (SSSR count). The van der Waals surface area contributed by atoms with Crippen LogP contribution in [0.1, 0.15) is 12.0 Å². The van der Waals surface area contributed by atoms with Crippen LogP contribution < -0.4 is 24.5 Å². The molecule has 2 aromatic carbocycles. The van der Waals surface area contributed by atoms with E-state index in [1.165, 1.54) is 5.56 Å². The van der Waals surface area contributed by atoms with Gasteiger partial charge in [0.1, 0.15) is 0 Å². The van der Waals surface area contributed by atoms with Crippen molar-refractivity contribution in [1.82, 2.24) is 4.57 Å². The van der Waals surface area contributed by atoms with E-state index in [0.717, 1.165) is 41.0 Å². The van der Waals surface area contributed by atoms with E-state index < -0.39 is 0 Å². The van der Waals surface area contributed by atoms with Crippen molar-refractivity contribution in [1.29, 1.82) is 0 Å². The molecule has 3 heterocycles. The monoisotopic (exact) mass is 365 g/mol. The zero-order valence-electron chi connectivity index (χ0n) is 15.2. The lowest BCUT2D eigenvalue weighted by molar-refractivity contribution is 0.174. The molecule has 3 aromatic rings. The average molecular weight is 365 g/mol. The number of ether oxygens (including phenoxy) is 4. The maximum atomic E-state index is 13.4. The van der Waals surface area contributed by atoms with Crippen LogP contribution in [-0.2, 0) is 13.0 Å². The summed E-state index contributed by atoms with van der Waals surface area (Å²) in [4.78, 5) is 13.4. The van der Waals surface area contributed by atoms with Crippen LogP contribution in [0.3, 0.4) is 0 Å². The standard InChI is InChI=1S/C21H19NO5/c1-24-16-6-5-13-8-15-14-10-18-17(26-11-27-18)9-12(14)4-3-7-22(15)21(23)19(13)20(16)25-2/h5-6,8-10H,3-4,7,11H2,1-2H3. The fraction of sp³-hybridized carbons (Fsp3) is 0.286. The zero-order valence-corrected chi connectivity index (χ0v) is 15.2. The number of hydrogen-bond acceptors (Lipinski definition) is 5. The van der Waals surface area contributed by atoms with Gasteiger partial charge >= 0.3 is 0 Å². The van der Waals surface area contributed by atoms with E-state index in [9.17, 15) is 4.79 Å². The summed E-state index contributed by atoms with van der Waals surface area (Å²) in [5, 5.41) is 1.37. The number of aryl methyl sites for hydroxylation is 1. The highest BCUT2D eigenvalue weighted by molar-refractivity contribution is 5.93. The second-order valence-electron chi connectivity index (χ2n) is 6.72. The lowest BCUT2D eigenvalue weighted by Crippen LogP contribution is -2.22. The van der Waals surface area contributed by atoms with Gasteiger partial charge in [-0.25, -0.2) is 0 Å². The van der Waals surface area contributed by atoms with Gasteiger partial charge in [-0.2, -0.15) is 0 Å². The highest BCUT2D eigenvalue weighted by Gasteiger charge is 2.24. The van der Waals surface area contributed by atoms with Crippen LogP contribution in [-0.4, -0.2) is 25.6 Å². The molecule has 0 N–H and O–H groups in total. The van der Waals surface area contributed by atoms with E-state index in [-0.39, 0.29) is 12.4 Å². The molecule has 0 fully saturated rings. The molecule has 0 aliphatic carbocycles. The van der Waals surface area contributed by atoms with E-state index in [4.69, 9.17) is 18.9 Å². The summed E-state index contributed by atoms with van der Waals surface area (Å²) >= 11 is 0. The fourth-order valence-electron chi connectivity index (χ4n) is 4.05. The molecule has 6 nitrogen and oxygen atoms in total. The summed E-state index contributed by atoms with van der Waals surface area (Å²) in [7, 11) is 3.13. The maximum Gasteiger partial charge on any atom is 0.262 e. The molecular weight excluding hydrogens is 346 g/mol. The normalized spacial score (nSPS) is 14.4. The number of pyridine rings is 1. The Morgan fingerprint density at radius 2 is 1.85 bits per heavy atom. The van der Waals surface area contributed by atoms with E-state index in [1.807, 2.05) is 34.9 Å². The molecule has 2 aliphatic rings. The first-order chi connectivity index (χ1) is 13.2. The molecule has 27 heavy (non-hydrogen) atoms. The van der Waals surface area contributed by atoms with Crippen LogP contribution in [0, 0.1) is 0 Å². The third-order valence-electron chi connectivity index (χ3n) is 5.32. The second kappa shape index (κ2) is 5.94. The van der Waals surface area contributed by atoms with Crippen molar-refractivity contribution in [2.45, 2.75) is 19.4 Å². The molecule has 0 spiro atoms. The predicted octanol–water partition coefficient (Wildman–Crippen LogP) is 3.36. The summed E-state index contributed by atoms with van der Waals surface area (Å²) in [6.45, 7) is 0.880. The lowest BCUT2D eigenvalue weighted by Gasteiger charge is -2.16. The van der Waals surface area contributed by atoms with Crippen LogP contribution >= 0.6 is 0 Å². The van der Waals surface area contributed by atoms with Crippen molar-refractivity contribution < 1.29 is 18.9 Å². The average Bonchev–Trinajstić information content (AvgIpc) is 3.07. The lowest BCUT2D eigenvalue weighted by atomic mass is 9.99. The van der Waals surface area contributed by atoms with Gasteiger partial charge in [-0.05, 0) is 48.1 Å². The summed E-state index contributed by atoms with van der Waals surface area (Å²) in [5.74, 6) is 2.53. The number of nitrogens with zero attached hydrogens (tertiary/aromatic N) is 1. The van der Waals surface area contributed by atoms with Crippen LogP contribution in [0.15, 0.2) is 35.1 Å². The zero-order chi connectivity index (χ0) is 18.5. The number of rotatable bonds is 2. The minimum Gasteiger partial charge on any atom is -0.493 e. The molecular formula is C21H19NO5. The maximum absolute atomic E-state index is 13.4. The smallest absolute Gasteiger partial charge is 0.262 e. The molecule has 0 unspecified atom stereocenters. The minimum absolute atomic E-state index is 0.0660. The van der Waals surface area contributed by atoms with Gasteiger partial charge in [0, 0.05) is 12.1 Å². The Kier molecular flexibility index (Phi) is 3.53. The van der Waals surface area contributed by atoms with Gasteiger partial charge in [0.15, 0.2) is 23.0 Å². The Morgan fingerprint density at radius 3 is 2.63 bits per heavy atom. The van der Waals surface area contributed by atoms with Gasteiger partial charge in [0.05, 0.1) is 25.3 Å². The third-order valence-corrected chi connectivity index (χ3v) is 5.32. The topological polar surface area (TPSA) is 58.9 Å². The predicted molar refractivity (Wildman–Crippen MR) is 101 cm³/mol. The Bertz CT molecular complexity index is 1130. The molecule has 138 valence electrons. The Balaban J connectivity index is 1.84. The highest BCUT2D eigenvalue weighted by atomic mass is 16.7. The van der Waals surface area contributed by atoms with E-state index in [1.54, 1.807) is 14.2 Å². The van der Waals surface area contributed by atoms with E-state index >= 15 is 0 Å². The van der Waals surface area contributed by atoms with Crippen molar-refractivity contribution >= 4 is 10.8 Å². The van der Waals surface area contributed by atoms with Crippen LogP contribution in [0.25, 0.3) is 22.0 Å². The van der Waals surface area contributed by atoms with Crippen molar-refractivity contribution in [3.8, 4) is 34.3 Å². The number of fused-ring (bicyclic) bond motifs is 5. The fourth-order valence-corrected chi connectivity index (χ4v) is 4.05. The Morgan fingerprint density at radius 1 is 1.04 bits per heavy atom. The van der Waals surface area contributed by atoms with Gasteiger partial charge in [0.2, 0.25) is 6.79 Å². The largest absolute Gasteiger partial charge is 0.493 e. The van der Waals surface area contributed by atoms with Crippen molar-refractivity contribution in [3.63, 3.8) is 0 Å². The third kappa shape index (κ3) is 2.29.